The second-order valence-electron chi connectivity index (χ2n) is 2.96. The maximum absolute atomic E-state index is 5.21. The maximum atomic E-state index is 5.21. The molecule has 76 valence electrons. The molecular formula is C11H9BrN2O. The van der Waals surface area contributed by atoms with E-state index in [4.69, 9.17) is 4.74 Å². The van der Waals surface area contributed by atoms with Crippen molar-refractivity contribution >= 4 is 15.9 Å². The molecule has 2 aromatic rings. The average molecular weight is 265 g/mol. The summed E-state index contributed by atoms with van der Waals surface area (Å²) >= 11 is 3.40. The molecule has 1 heterocycles. The van der Waals surface area contributed by atoms with E-state index in [1.54, 1.807) is 13.3 Å². The second-order valence-corrected chi connectivity index (χ2v) is 3.81. The predicted molar refractivity (Wildman–Crippen MR) is 61.7 cm³/mol. The summed E-state index contributed by atoms with van der Waals surface area (Å²) < 4.78 is 6.14. The first-order valence-corrected chi connectivity index (χ1v) is 5.22. The first-order valence-electron chi connectivity index (χ1n) is 4.43. The van der Waals surface area contributed by atoms with E-state index in [9.17, 15) is 0 Å². The number of nitrogens with zero attached hydrogens (tertiary/aromatic N) is 2. The molecular weight excluding hydrogens is 256 g/mol. The highest BCUT2D eigenvalue weighted by Crippen LogP contribution is 2.29. The summed E-state index contributed by atoms with van der Waals surface area (Å²) in [5, 5.41) is 7.87. The van der Waals surface area contributed by atoms with Crippen LogP contribution in [-0.2, 0) is 0 Å². The van der Waals surface area contributed by atoms with E-state index in [1.165, 1.54) is 0 Å². The molecule has 0 saturated heterocycles. The Labute approximate surface area is 96.2 Å². The van der Waals surface area contributed by atoms with E-state index in [0.717, 1.165) is 21.5 Å². The lowest BCUT2D eigenvalue weighted by atomic mass is 10.1. The highest BCUT2D eigenvalue weighted by molar-refractivity contribution is 9.10. The Hall–Kier alpha value is -1.42. The zero-order valence-electron chi connectivity index (χ0n) is 8.14. The van der Waals surface area contributed by atoms with Gasteiger partial charge in [-0.2, -0.15) is 10.2 Å². The van der Waals surface area contributed by atoms with Crippen molar-refractivity contribution in [2.24, 2.45) is 0 Å². The molecule has 0 atom stereocenters. The van der Waals surface area contributed by atoms with Crippen molar-refractivity contribution in [2.75, 3.05) is 7.11 Å². The molecule has 4 heteroatoms. The zero-order valence-corrected chi connectivity index (χ0v) is 9.73. The number of aromatic nitrogens is 2. The largest absolute Gasteiger partial charge is 0.496 e. The fourth-order valence-electron chi connectivity index (χ4n) is 1.27. The van der Waals surface area contributed by atoms with E-state index < -0.39 is 0 Å². The van der Waals surface area contributed by atoms with Crippen molar-refractivity contribution in [3.63, 3.8) is 0 Å². The van der Waals surface area contributed by atoms with Gasteiger partial charge < -0.3 is 4.74 Å². The molecule has 0 aliphatic rings. The van der Waals surface area contributed by atoms with Crippen LogP contribution in [0.25, 0.3) is 11.3 Å². The summed E-state index contributed by atoms with van der Waals surface area (Å²) in [6, 6.07) is 9.60. The maximum Gasteiger partial charge on any atom is 0.133 e. The third kappa shape index (κ3) is 2.15. The van der Waals surface area contributed by atoms with Crippen LogP contribution in [0.15, 0.2) is 41.0 Å². The summed E-state index contributed by atoms with van der Waals surface area (Å²) in [6.45, 7) is 0. The molecule has 1 aromatic heterocycles. The molecule has 3 nitrogen and oxygen atoms in total. The van der Waals surface area contributed by atoms with Crippen LogP contribution in [0, 0.1) is 0 Å². The molecule has 0 spiro atoms. The molecule has 2 rings (SSSR count). The molecule has 0 amide bonds. The predicted octanol–water partition coefficient (Wildman–Crippen LogP) is 2.91. The fourth-order valence-corrected chi connectivity index (χ4v) is 1.68. The molecule has 15 heavy (non-hydrogen) atoms. The fraction of sp³-hybridized carbons (Fsp3) is 0.0909. The number of ether oxygens (including phenoxy) is 1. The third-order valence-corrected chi connectivity index (χ3v) is 2.67. The van der Waals surface area contributed by atoms with Gasteiger partial charge in [0.25, 0.3) is 0 Å². The van der Waals surface area contributed by atoms with Gasteiger partial charge in [0.15, 0.2) is 0 Å². The summed E-state index contributed by atoms with van der Waals surface area (Å²) in [7, 11) is 1.64. The van der Waals surface area contributed by atoms with Crippen LogP contribution in [-0.4, -0.2) is 17.3 Å². The Morgan fingerprint density at radius 2 is 2.13 bits per heavy atom. The van der Waals surface area contributed by atoms with Crippen LogP contribution >= 0.6 is 15.9 Å². The van der Waals surface area contributed by atoms with Crippen LogP contribution < -0.4 is 4.74 Å². The number of benzene rings is 1. The quantitative estimate of drug-likeness (QED) is 0.837. The lowest BCUT2D eigenvalue weighted by molar-refractivity contribution is 0.412. The number of halogens is 1. The third-order valence-electron chi connectivity index (χ3n) is 2.02. The normalized spacial score (nSPS) is 10.0. The van der Waals surface area contributed by atoms with Crippen molar-refractivity contribution in [3.8, 4) is 17.0 Å². The van der Waals surface area contributed by atoms with Crippen LogP contribution in [0.3, 0.4) is 0 Å². The standard InChI is InChI=1S/C11H9BrN2O/c1-15-11-7-8(4-5-9(11)12)10-3-2-6-13-14-10/h2-7H,1H3. The average Bonchev–Trinajstić information content (AvgIpc) is 2.31. The van der Waals surface area contributed by atoms with Crippen LogP contribution in [0.4, 0.5) is 0 Å². The molecule has 0 fully saturated rings. The Balaban J connectivity index is 2.46. The summed E-state index contributed by atoms with van der Waals surface area (Å²) in [5.74, 6) is 0.790. The molecule has 0 radical (unpaired) electrons. The number of rotatable bonds is 2. The van der Waals surface area contributed by atoms with Gasteiger partial charge in [0.1, 0.15) is 5.75 Å². The van der Waals surface area contributed by atoms with Gasteiger partial charge in [-0.3, -0.25) is 0 Å². The molecule has 0 N–H and O–H groups in total. The molecule has 0 bridgehead atoms. The lowest BCUT2D eigenvalue weighted by Gasteiger charge is -2.05. The first-order chi connectivity index (χ1) is 7.31. The zero-order chi connectivity index (χ0) is 10.7. The van der Waals surface area contributed by atoms with Crippen molar-refractivity contribution in [3.05, 3.63) is 41.0 Å². The van der Waals surface area contributed by atoms with E-state index in [2.05, 4.69) is 26.1 Å². The van der Waals surface area contributed by atoms with Crippen LogP contribution in [0.5, 0.6) is 5.75 Å². The molecule has 0 aliphatic heterocycles. The van der Waals surface area contributed by atoms with Gasteiger partial charge in [-0.15, -0.1) is 0 Å². The highest BCUT2D eigenvalue weighted by atomic mass is 79.9. The van der Waals surface area contributed by atoms with Crippen LogP contribution in [0.1, 0.15) is 0 Å². The second kappa shape index (κ2) is 4.40. The Kier molecular flexibility index (Phi) is 2.97. The number of hydrogen-bond donors (Lipinski definition) is 0. The minimum absolute atomic E-state index is 0.790. The Morgan fingerprint density at radius 1 is 1.27 bits per heavy atom. The minimum Gasteiger partial charge on any atom is -0.496 e. The molecule has 0 aliphatic carbocycles. The van der Waals surface area contributed by atoms with Crippen molar-refractivity contribution < 1.29 is 4.74 Å². The van der Waals surface area contributed by atoms with Gasteiger partial charge in [0, 0.05) is 11.8 Å². The van der Waals surface area contributed by atoms with Gasteiger partial charge in [0.2, 0.25) is 0 Å². The Bertz CT molecular complexity index is 459. The first kappa shape index (κ1) is 10.1. The van der Waals surface area contributed by atoms with Gasteiger partial charge in [0.05, 0.1) is 17.3 Å². The molecule has 1 aromatic carbocycles. The summed E-state index contributed by atoms with van der Waals surface area (Å²) in [5.41, 5.74) is 1.83. The van der Waals surface area contributed by atoms with Crippen molar-refractivity contribution in [2.45, 2.75) is 0 Å². The Morgan fingerprint density at radius 3 is 2.80 bits per heavy atom. The lowest BCUT2D eigenvalue weighted by Crippen LogP contribution is -1.88. The SMILES string of the molecule is COc1cc(-c2cccnn2)ccc1Br. The number of hydrogen-bond acceptors (Lipinski definition) is 3. The molecule has 0 unspecified atom stereocenters. The van der Waals surface area contributed by atoms with Gasteiger partial charge in [-0.25, -0.2) is 0 Å². The van der Waals surface area contributed by atoms with Gasteiger partial charge in [-0.1, -0.05) is 6.07 Å². The van der Waals surface area contributed by atoms with Gasteiger partial charge in [-0.05, 0) is 40.2 Å². The smallest absolute Gasteiger partial charge is 0.133 e. The van der Waals surface area contributed by atoms with Crippen molar-refractivity contribution in [1.82, 2.24) is 10.2 Å². The van der Waals surface area contributed by atoms with E-state index in [1.807, 2.05) is 30.3 Å². The minimum atomic E-state index is 0.790. The summed E-state index contributed by atoms with van der Waals surface area (Å²) in [4.78, 5) is 0. The highest BCUT2D eigenvalue weighted by Gasteiger charge is 2.04. The molecule has 0 saturated carbocycles. The topological polar surface area (TPSA) is 35.0 Å². The van der Waals surface area contributed by atoms with E-state index in [-0.39, 0.29) is 0 Å². The number of methoxy groups -OCH3 is 1. The van der Waals surface area contributed by atoms with E-state index in [0.29, 0.717) is 0 Å². The van der Waals surface area contributed by atoms with Crippen molar-refractivity contribution in [1.29, 1.82) is 0 Å². The summed E-state index contributed by atoms with van der Waals surface area (Å²) in [6.07, 6.45) is 1.65. The van der Waals surface area contributed by atoms with E-state index >= 15 is 0 Å². The van der Waals surface area contributed by atoms with Gasteiger partial charge >= 0.3 is 0 Å². The monoisotopic (exact) mass is 264 g/mol. The van der Waals surface area contributed by atoms with Crippen LogP contribution in [0.2, 0.25) is 0 Å².